The fraction of sp³-hybridized carbons (Fsp3) is 0.364. The van der Waals surface area contributed by atoms with E-state index in [0.717, 1.165) is 11.8 Å². The van der Waals surface area contributed by atoms with Crippen molar-refractivity contribution in [2.75, 3.05) is 20.8 Å². The Hall–Kier alpha value is -1.07. The molecule has 0 spiro atoms. The molecule has 1 aromatic carbocycles. The Kier molecular flexibility index (Phi) is 4.76. The molecule has 0 aliphatic heterocycles. The first-order valence-corrected chi connectivity index (χ1v) is 5.57. The van der Waals surface area contributed by atoms with Gasteiger partial charge in [0.05, 0.1) is 19.8 Å². The molecule has 0 radical (unpaired) electrons. The van der Waals surface area contributed by atoms with Gasteiger partial charge in [-0.05, 0) is 35.0 Å². The molecule has 0 aliphatic carbocycles. The molecule has 0 fully saturated rings. The Labute approximate surface area is 103 Å². The van der Waals surface area contributed by atoms with Crippen LogP contribution in [0.15, 0.2) is 10.5 Å². The standard InChI is InChI=1S/C11H14BrNO3/c1-15-10-7(3-4-13)5-9(12)8(6-14)11(10)16-2/h5-6H,3-4,13H2,1-2H3. The van der Waals surface area contributed by atoms with Crippen LogP contribution in [0, 0.1) is 0 Å². The van der Waals surface area contributed by atoms with Crippen molar-refractivity contribution in [1.82, 2.24) is 0 Å². The first kappa shape index (κ1) is 13.0. The summed E-state index contributed by atoms with van der Waals surface area (Å²) in [6.07, 6.45) is 1.40. The summed E-state index contributed by atoms with van der Waals surface area (Å²) in [5.74, 6) is 1.01. The van der Waals surface area contributed by atoms with E-state index in [-0.39, 0.29) is 0 Å². The maximum absolute atomic E-state index is 11.0. The zero-order valence-corrected chi connectivity index (χ0v) is 10.8. The normalized spacial score (nSPS) is 10.0. The summed E-state index contributed by atoms with van der Waals surface area (Å²) < 4.78 is 11.1. The van der Waals surface area contributed by atoms with E-state index in [9.17, 15) is 4.79 Å². The van der Waals surface area contributed by atoms with Crippen molar-refractivity contribution in [3.63, 3.8) is 0 Å². The number of rotatable bonds is 5. The number of ether oxygens (including phenoxy) is 2. The SMILES string of the molecule is COc1c(CCN)cc(Br)c(C=O)c1OC. The van der Waals surface area contributed by atoms with Crippen molar-refractivity contribution < 1.29 is 14.3 Å². The lowest BCUT2D eigenvalue weighted by molar-refractivity contribution is 0.111. The molecule has 1 aromatic rings. The quantitative estimate of drug-likeness (QED) is 0.839. The number of halogens is 1. The second-order valence-corrected chi connectivity index (χ2v) is 4.01. The largest absolute Gasteiger partial charge is 0.493 e. The van der Waals surface area contributed by atoms with Crippen molar-refractivity contribution in [3.05, 3.63) is 21.7 Å². The number of methoxy groups -OCH3 is 2. The number of hydrogen-bond acceptors (Lipinski definition) is 4. The van der Waals surface area contributed by atoms with Crippen molar-refractivity contribution in [3.8, 4) is 11.5 Å². The van der Waals surface area contributed by atoms with Gasteiger partial charge in [-0.1, -0.05) is 0 Å². The molecule has 0 saturated carbocycles. The molecule has 4 nitrogen and oxygen atoms in total. The van der Waals surface area contributed by atoms with Crippen molar-refractivity contribution in [1.29, 1.82) is 0 Å². The smallest absolute Gasteiger partial charge is 0.172 e. The van der Waals surface area contributed by atoms with E-state index in [1.54, 1.807) is 7.11 Å². The van der Waals surface area contributed by atoms with Crippen LogP contribution < -0.4 is 15.2 Å². The predicted molar refractivity (Wildman–Crippen MR) is 65.4 cm³/mol. The highest BCUT2D eigenvalue weighted by molar-refractivity contribution is 9.10. The number of nitrogens with two attached hydrogens (primary N) is 1. The van der Waals surface area contributed by atoms with E-state index in [2.05, 4.69) is 15.9 Å². The molecule has 0 aliphatic rings. The molecule has 0 unspecified atom stereocenters. The fourth-order valence-electron chi connectivity index (χ4n) is 1.55. The highest BCUT2D eigenvalue weighted by Crippen LogP contribution is 2.38. The molecule has 5 heteroatoms. The topological polar surface area (TPSA) is 61.5 Å². The summed E-state index contributed by atoms with van der Waals surface area (Å²) in [5.41, 5.74) is 6.88. The summed E-state index contributed by atoms with van der Waals surface area (Å²) in [5, 5.41) is 0. The minimum atomic E-state index is 0.440. The Morgan fingerprint density at radius 3 is 2.44 bits per heavy atom. The van der Waals surface area contributed by atoms with Crippen LogP contribution in [-0.2, 0) is 6.42 Å². The maximum atomic E-state index is 11.0. The van der Waals surface area contributed by atoms with E-state index < -0.39 is 0 Å². The number of carbonyl (C=O) groups excluding carboxylic acids is 1. The van der Waals surface area contributed by atoms with Gasteiger partial charge < -0.3 is 15.2 Å². The summed E-state index contributed by atoms with van der Waals surface area (Å²) in [6, 6.07) is 1.83. The van der Waals surface area contributed by atoms with E-state index in [1.165, 1.54) is 7.11 Å². The minimum absolute atomic E-state index is 0.440. The molecule has 1 rings (SSSR count). The zero-order valence-electron chi connectivity index (χ0n) is 9.25. The Morgan fingerprint density at radius 1 is 1.38 bits per heavy atom. The third-order valence-corrected chi connectivity index (χ3v) is 2.90. The third kappa shape index (κ3) is 2.36. The first-order valence-electron chi connectivity index (χ1n) is 4.78. The molecule has 2 N–H and O–H groups in total. The molecule has 0 amide bonds. The van der Waals surface area contributed by atoms with E-state index in [1.807, 2.05) is 6.07 Å². The molecular weight excluding hydrogens is 274 g/mol. The molecule has 0 aromatic heterocycles. The van der Waals surface area contributed by atoms with Gasteiger partial charge in [-0.25, -0.2) is 0 Å². The van der Waals surface area contributed by atoms with Crippen LogP contribution >= 0.6 is 15.9 Å². The lowest BCUT2D eigenvalue weighted by Gasteiger charge is -2.15. The predicted octanol–water partition coefficient (Wildman–Crippen LogP) is 1.78. The molecule has 0 heterocycles. The number of aldehydes is 1. The number of carbonyl (C=O) groups is 1. The van der Waals surface area contributed by atoms with Gasteiger partial charge in [-0.2, -0.15) is 0 Å². The van der Waals surface area contributed by atoms with E-state index in [0.29, 0.717) is 34.5 Å². The molecule has 16 heavy (non-hydrogen) atoms. The maximum Gasteiger partial charge on any atom is 0.172 e. The Bertz CT molecular complexity index is 393. The molecule has 0 saturated heterocycles. The van der Waals surface area contributed by atoms with Crippen LogP contribution in [0.5, 0.6) is 11.5 Å². The van der Waals surface area contributed by atoms with Crippen LogP contribution in [0.2, 0.25) is 0 Å². The fourth-order valence-corrected chi connectivity index (χ4v) is 2.10. The van der Waals surface area contributed by atoms with Crippen LogP contribution in [0.1, 0.15) is 15.9 Å². The van der Waals surface area contributed by atoms with Crippen LogP contribution in [-0.4, -0.2) is 27.1 Å². The van der Waals surface area contributed by atoms with E-state index >= 15 is 0 Å². The summed E-state index contributed by atoms with van der Waals surface area (Å²) in [4.78, 5) is 11.0. The summed E-state index contributed by atoms with van der Waals surface area (Å²) in [7, 11) is 3.05. The molecule has 0 bridgehead atoms. The second kappa shape index (κ2) is 5.86. The number of hydrogen-bond donors (Lipinski definition) is 1. The zero-order chi connectivity index (χ0) is 12.1. The van der Waals surface area contributed by atoms with Crippen molar-refractivity contribution in [2.24, 2.45) is 5.73 Å². The molecular formula is C11H14BrNO3. The lowest BCUT2D eigenvalue weighted by atomic mass is 10.1. The molecule has 0 atom stereocenters. The van der Waals surface area contributed by atoms with Crippen LogP contribution in [0.4, 0.5) is 0 Å². The van der Waals surface area contributed by atoms with Gasteiger partial charge in [0.1, 0.15) is 0 Å². The Balaban J connectivity index is 3.43. The Morgan fingerprint density at radius 2 is 2.00 bits per heavy atom. The van der Waals surface area contributed by atoms with Gasteiger partial charge in [0.2, 0.25) is 0 Å². The monoisotopic (exact) mass is 287 g/mol. The number of benzene rings is 1. The van der Waals surface area contributed by atoms with Crippen molar-refractivity contribution in [2.45, 2.75) is 6.42 Å². The summed E-state index contributed by atoms with van der Waals surface area (Å²) >= 11 is 3.32. The van der Waals surface area contributed by atoms with E-state index in [4.69, 9.17) is 15.2 Å². The van der Waals surface area contributed by atoms with Gasteiger partial charge >= 0.3 is 0 Å². The van der Waals surface area contributed by atoms with Gasteiger partial charge in [-0.15, -0.1) is 0 Å². The highest BCUT2D eigenvalue weighted by Gasteiger charge is 2.17. The van der Waals surface area contributed by atoms with Crippen LogP contribution in [0.3, 0.4) is 0 Å². The van der Waals surface area contributed by atoms with Gasteiger partial charge in [0.15, 0.2) is 17.8 Å². The third-order valence-electron chi connectivity index (χ3n) is 2.24. The van der Waals surface area contributed by atoms with Crippen LogP contribution in [0.25, 0.3) is 0 Å². The average Bonchev–Trinajstić information content (AvgIpc) is 2.28. The highest BCUT2D eigenvalue weighted by atomic mass is 79.9. The van der Waals surface area contributed by atoms with Gasteiger partial charge in [0, 0.05) is 10.0 Å². The first-order chi connectivity index (χ1) is 7.69. The van der Waals surface area contributed by atoms with Crippen molar-refractivity contribution >= 4 is 22.2 Å². The second-order valence-electron chi connectivity index (χ2n) is 3.15. The minimum Gasteiger partial charge on any atom is -0.493 e. The summed E-state index contributed by atoms with van der Waals surface area (Å²) in [6.45, 7) is 0.506. The lowest BCUT2D eigenvalue weighted by Crippen LogP contribution is -2.06. The molecule has 88 valence electrons. The van der Waals surface area contributed by atoms with Gasteiger partial charge in [-0.3, -0.25) is 4.79 Å². The average molecular weight is 288 g/mol. The van der Waals surface area contributed by atoms with Gasteiger partial charge in [0.25, 0.3) is 0 Å².